The molecule has 2 heterocycles. The normalized spacial score (nSPS) is 12.0. The van der Waals surface area contributed by atoms with Crippen LogP contribution in [0.4, 0.5) is 23.0 Å². The van der Waals surface area contributed by atoms with Crippen molar-refractivity contribution in [1.29, 1.82) is 0 Å². The second-order valence-electron chi connectivity index (χ2n) is 9.35. The van der Waals surface area contributed by atoms with Gasteiger partial charge in [-0.05, 0) is 52.2 Å². The van der Waals surface area contributed by atoms with Gasteiger partial charge in [-0.15, -0.1) is 11.6 Å². The average molecular weight is 536 g/mol. The van der Waals surface area contributed by atoms with Crippen LogP contribution in [0.1, 0.15) is 13.3 Å². The zero-order valence-corrected chi connectivity index (χ0v) is 23.1. The molecule has 9 nitrogen and oxygen atoms in total. The molecule has 0 aliphatic carbocycles. The first-order chi connectivity index (χ1) is 18.3. The number of aryl methyl sites for hydroxylation is 1. The first-order valence-corrected chi connectivity index (χ1v) is 12.9. The molecule has 1 atom stereocenters. The summed E-state index contributed by atoms with van der Waals surface area (Å²) >= 11 is 6.04. The number of alkyl halides is 1. The number of ether oxygens (including phenoxy) is 1. The third-order valence-corrected chi connectivity index (χ3v) is 6.33. The van der Waals surface area contributed by atoms with E-state index in [9.17, 15) is 4.79 Å². The average Bonchev–Trinajstić information content (AvgIpc) is 3.24. The second-order valence-corrected chi connectivity index (χ2v) is 10.0. The van der Waals surface area contributed by atoms with E-state index >= 15 is 0 Å². The van der Waals surface area contributed by atoms with Gasteiger partial charge in [-0.1, -0.05) is 18.2 Å². The number of fused-ring (bicyclic) bond motifs is 1. The molecule has 0 saturated carbocycles. The number of aromatic nitrogens is 3. The smallest absolute Gasteiger partial charge is 0.242 e. The van der Waals surface area contributed by atoms with Gasteiger partial charge in [-0.3, -0.25) is 4.79 Å². The van der Waals surface area contributed by atoms with Crippen molar-refractivity contribution in [2.75, 3.05) is 50.2 Å². The molecule has 2 aromatic heterocycles. The van der Waals surface area contributed by atoms with Crippen LogP contribution in [0, 0.1) is 0 Å². The summed E-state index contributed by atoms with van der Waals surface area (Å²) in [5, 5.41) is 10.0. The van der Waals surface area contributed by atoms with Crippen LogP contribution in [0.25, 0.3) is 22.2 Å². The molecule has 4 rings (SSSR count). The lowest BCUT2D eigenvalue weighted by molar-refractivity contribution is -0.115. The first kappa shape index (κ1) is 27.2. The number of methoxy groups -OCH3 is 1. The number of carbonyl (C=O) groups excluding carboxylic acids is 1. The van der Waals surface area contributed by atoms with E-state index in [1.54, 1.807) is 26.3 Å². The molecule has 4 aromatic rings. The number of anilines is 4. The predicted molar refractivity (Wildman–Crippen MR) is 156 cm³/mol. The van der Waals surface area contributed by atoms with Crippen molar-refractivity contribution in [3.8, 4) is 17.0 Å². The molecule has 200 valence electrons. The number of hydrogen-bond donors (Lipinski definition) is 3. The van der Waals surface area contributed by atoms with Crippen molar-refractivity contribution in [1.82, 2.24) is 19.4 Å². The molecule has 0 radical (unpaired) electrons. The van der Waals surface area contributed by atoms with Crippen molar-refractivity contribution in [2.24, 2.45) is 7.05 Å². The SMILES string of the molecule is COc1cc(NCCCN(C)C)c(NC(=O)[C@H](C)Cl)cc1Nc1nccc(-c2cn(C)c3ccccc23)n1. The fourth-order valence-electron chi connectivity index (χ4n) is 4.18. The minimum absolute atomic E-state index is 0.298. The van der Waals surface area contributed by atoms with Gasteiger partial charge in [0.05, 0.1) is 29.9 Å². The van der Waals surface area contributed by atoms with Gasteiger partial charge in [0.1, 0.15) is 11.1 Å². The minimum atomic E-state index is -0.684. The van der Waals surface area contributed by atoms with Crippen LogP contribution in [0.2, 0.25) is 0 Å². The zero-order chi connectivity index (χ0) is 27.2. The Labute approximate surface area is 228 Å². The Bertz CT molecular complexity index is 1420. The van der Waals surface area contributed by atoms with Crippen molar-refractivity contribution >= 4 is 51.4 Å². The number of para-hydroxylation sites is 1. The van der Waals surface area contributed by atoms with Gasteiger partial charge in [0.25, 0.3) is 0 Å². The molecule has 38 heavy (non-hydrogen) atoms. The first-order valence-electron chi connectivity index (χ1n) is 12.5. The maximum Gasteiger partial charge on any atom is 0.242 e. The van der Waals surface area contributed by atoms with E-state index in [0.29, 0.717) is 23.1 Å². The minimum Gasteiger partial charge on any atom is -0.494 e. The van der Waals surface area contributed by atoms with Crippen LogP contribution in [-0.4, -0.2) is 65.0 Å². The number of nitrogens with one attached hydrogen (secondary N) is 3. The topological polar surface area (TPSA) is 96.3 Å². The van der Waals surface area contributed by atoms with Crippen molar-refractivity contribution in [3.63, 3.8) is 0 Å². The van der Waals surface area contributed by atoms with Crippen molar-refractivity contribution in [3.05, 3.63) is 54.9 Å². The molecule has 0 aliphatic rings. The Morgan fingerprint density at radius 2 is 1.95 bits per heavy atom. The van der Waals surface area contributed by atoms with Gasteiger partial charge >= 0.3 is 0 Å². The Kier molecular flexibility index (Phi) is 8.70. The predicted octanol–water partition coefficient (Wildman–Crippen LogP) is 5.32. The van der Waals surface area contributed by atoms with E-state index < -0.39 is 5.38 Å². The van der Waals surface area contributed by atoms with E-state index in [0.717, 1.165) is 47.4 Å². The molecule has 0 fully saturated rings. The number of amides is 1. The third-order valence-electron chi connectivity index (χ3n) is 6.13. The lowest BCUT2D eigenvalue weighted by Crippen LogP contribution is -2.22. The quantitative estimate of drug-likeness (QED) is 0.177. The van der Waals surface area contributed by atoms with Crippen LogP contribution < -0.4 is 20.7 Å². The highest BCUT2D eigenvalue weighted by atomic mass is 35.5. The summed E-state index contributed by atoms with van der Waals surface area (Å²) in [5.74, 6) is 0.688. The Hall–Kier alpha value is -3.82. The van der Waals surface area contributed by atoms with Gasteiger partial charge in [0, 0.05) is 48.5 Å². The molecule has 2 aromatic carbocycles. The summed E-state index contributed by atoms with van der Waals surface area (Å²) in [5.41, 5.74) is 4.87. The molecular weight excluding hydrogens is 502 g/mol. The highest BCUT2D eigenvalue weighted by Gasteiger charge is 2.17. The number of hydrogen-bond acceptors (Lipinski definition) is 7. The molecular formula is C28H34ClN7O2. The maximum absolute atomic E-state index is 12.5. The van der Waals surface area contributed by atoms with Crippen molar-refractivity contribution < 1.29 is 9.53 Å². The Balaban J connectivity index is 1.65. The fraction of sp³-hybridized carbons (Fsp3) is 0.321. The van der Waals surface area contributed by atoms with Gasteiger partial charge in [-0.25, -0.2) is 9.97 Å². The summed E-state index contributed by atoms with van der Waals surface area (Å²) in [7, 11) is 7.69. The molecule has 0 unspecified atom stereocenters. The van der Waals surface area contributed by atoms with E-state index in [1.165, 1.54) is 0 Å². The molecule has 0 saturated heterocycles. The Morgan fingerprint density at radius 1 is 1.16 bits per heavy atom. The largest absolute Gasteiger partial charge is 0.494 e. The number of halogens is 1. The molecule has 3 N–H and O–H groups in total. The summed E-state index contributed by atoms with van der Waals surface area (Å²) < 4.78 is 7.76. The molecule has 0 aliphatic heterocycles. The van der Waals surface area contributed by atoms with Crippen molar-refractivity contribution in [2.45, 2.75) is 18.7 Å². The highest BCUT2D eigenvalue weighted by Crippen LogP contribution is 2.37. The van der Waals surface area contributed by atoms with E-state index in [4.69, 9.17) is 21.3 Å². The number of benzene rings is 2. The van der Waals surface area contributed by atoms with E-state index in [-0.39, 0.29) is 5.91 Å². The van der Waals surface area contributed by atoms with Crippen LogP contribution in [0.3, 0.4) is 0 Å². The van der Waals surface area contributed by atoms with E-state index in [2.05, 4.69) is 48.7 Å². The lowest BCUT2D eigenvalue weighted by Gasteiger charge is -2.19. The second kappa shape index (κ2) is 12.1. The van der Waals surface area contributed by atoms with Crippen LogP contribution >= 0.6 is 11.6 Å². The van der Waals surface area contributed by atoms with E-state index in [1.807, 2.05) is 45.4 Å². The molecule has 10 heteroatoms. The van der Waals surface area contributed by atoms with Gasteiger partial charge in [0.2, 0.25) is 11.9 Å². The standard InChI is InChI=1S/C28H34ClN7O2/c1-18(29)27(37)32-23-15-24(26(38-5)16-22(23)30-12-8-14-35(2)3)34-28-31-13-11-21(33-28)20-17-36(4)25-10-7-6-9-19(20)25/h6-7,9-11,13,15-18,30H,8,12,14H2,1-5H3,(H,32,37)(H,31,33,34)/t18-/m0/s1. The molecule has 0 spiro atoms. The Morgan fingerprint density at radius 3 is 2.68 bits per heavy atom. The third kappa shape index (κ3) is 6.35. The molecule has 1 amide bonds. The fourth-order valence-corrected chi connectivity index (χ4v) is 4.24. The maximum atomic E-state index is 12.5. The molecule has 0 bridgehead atoms. The number of carbonyl (C=O) groups is 1. The lowest BCUT2D eigenvalue weighted by atomic mass is 10.1. The van der Waals surface area contributed by atoms with Gasteiger partial charge in [-0.2, -0.15) is 0 Å². The summed E-state index contributed by atoms with van der Waals surface area (Å²) in [6.45, 7) is 3.30. The summed E-state index contributed by atoms with van der Waals surface area (Å²) in [6, 6.07) is 13.7. The van der Waals surface area contributed by atoms with Crippen LogP contribution in [-0.2, 0) is 11.8 Å². The number of nitrogens with zero attached hydrogens (tertiary/aromatic N) is 4. The van der Waals surface area contributed by atoms with Gasteiger partial charge < -0.3 is 30.2 Å². The summed E-state index contributed by atoms with van der Waals surface area (Å²) in [4.78, 5) is 23.8. The highest BCUT2D eigenvalue weighted by molar-refractivity contribution is 6.32. The summed E-state index contributed by atoms with van der Waals surface area (Å²) in [6.07, 6.45) is 4.72. The van der Waals surface area contributed by atoms with Crippen LogP contribution in [0.5, 0.6) is 5.75 Å². The van der Waals surface area contributed by atoms with Gasteiger partial charge in [0.15, 0.2) is 0 Å². The zero-order valence-electron chi connectivity index (χ0n) is 22.4. The number of rotatable bonds is 11. The monoisotopic (exact) mass is 535 g/mol. The van der Waals surface area contributed by atoms with Crippen LogP contribution in [0.15, 0.2) is 54.9 Å².